The van der Waals surface area contributed by atoms with Gasteiger partial charge in [-0.05, 0) is 31.5 Å². The maximum absolute atomic E-state index is 13.6. The van der Waals surface area contributed by atoms with Gasteiger partial charge in [-0.1, -0.05) is 6.07 Å². The van der Waals surface area contributed by atoms with Gasteiger partial charge in [-0.3, -0.25) is 0 Å². The van der Waals surface area contributed by atoms with E-state index in [1.807, 2.05) is 0 Å². The predicted molar refractivity (Wildman–Crippen MR) is 56.0 cm³/mol. The zero-order valence-corrected chi connectivity index (χ0v) is 8.61. The number of hydrogen-bond acceptors (Lipinski definition) is 2. The zero-order chi connectivity index (χ0) is 10.8. The highest BCUT2D eigenvalue weighted by Gasteiger charge is 2.18. The molecule has 2 N–H and O–H groups in total. The van der Waals surface area contributed by atoms with Crippen molar-refractivity contribution in [1.82, 2.24) is 5.32 Å². The minimum absolute atomic E-state index is 0.00343. The second-order valence-corrected chi connectivity index (χ2v) is 3.89. The van der Waals surface area contributed by atoms with Gasteiger partial charge >= 0.3 is 0 Å². The standard InChI is InChI=1S/C11H14F2N2/c1-7-2-3-9(12)11(10(7)13)15-8-4-5-14-6-8/h2-3,8,14-15H,4-6H2,1H3. The molecule has 0 spiro atoms. The fourth-order valence-corrected chi connectivity index (χ4v) is 1.77. The Morgan fingerprint density at radius 3 is 2.87 bits per heavy atom. The summed E-state index contributed by atoms with van der Waals surface area (Å²) in [6.07, 6.45) is 0.896. The summed E-state index contributed by atoms with van der Waals surface area (Å²) >= 11 is 0. The number of anilines is 1. The minimum atomic E-state index is -0.523. The van der Waals surface area contributed by atoms with Crippen LogP contribution in [0.1, 0.15) is 12.0 Å². The molecule has 1 aromatic carbocycles. The lowest BCUT2D eigenvalue weighted by molar-refractivity contribution is 0.577. The first-order valence-corrected chi connectivity index (χ1v) is 5.10. The summed E-state index contributed by atoms with van der Waals surface area (Å²) in [4.78, 5) is 0. The normalized spacial score (nSPS) is 20.6. The molecule has 0 aromatic heterocycles. The lowest BCUT2D eigenvalue weighted by Crippen LogP contribution is -2.23. The molecule has 15 heavy (non-hydrogen) atoms. The van der Waals surface area contributed by atoms with Crippen LogP contribution in [-0.2, 0) is 0 Å². The fraction of sp³-hybridized carbons (Fsp3) is 0.455. The van der Waals surface area contributed by atoms with Crippen molar-refractivity contribution in [2.24, 2.45) is 0 Å². The Morgan fingerprint density at radius 2 is 2.20 bits per heavy atom. The van der Waals surface area contributed by atoms with Crippen molar-refractivity contribution in [3.8, 4) is 0 Å². The molecule has 1 aliphatic rings. The molecule has 82 valence electrons. The summed E-state index contributed by atoms with van der Waals surface area (Å²) in [7, 11) is 0. The Bertz CT molecular complexity index is 360. The second kappa shape index (κ2) is 4.14. The van der Waals surface area contributed by atoms with Crippen LogP contribution in [0.25, 0.3) is 0 Å². The maximum atomic E-state index is 13.6. The molecule has 0 radical (unpaired) electrons. The summed E-state index contributed by atoms with van der Waals surface area (Å²) in [6, 6.07) is 2.86. The highest BCUT2D eigenvalue weighted by molar-refractivity contribution is 5.49. The first kappa shape index (κ1) is 10.4. The molecule has 1 unspecified atom stereocenters. The molecule has 1 saturated heterocycles. The highest BCUT2D eigenvalue weighted by Crippen LogP contribution is 2.23. The van der Waals surface area contributed by atoms with Gasteiger partial charge in [-0.2, -0.15) is 0 Å². The third-order valence-corrected chi connectivity index (χ3v) is 2.69. The molecule has 0 aliphatic carbocycles. The predicted octanol–water partition coefficient (Wildman–Crippen LogP) is 2.05. The van der Waals surface area contributed by atoms with Crippen LogP contribution in [0.2, 0.25) is 0 Å². The summed E-state index contributed by atoms with van der Waals surface area (Å²) in [5, 5.41) is 6.04. The number of aryl methyl sites for hydroxylation is 1. The molecule has 1 fully saturated rings. The quantitative estimate of drug-likeness (QED) is 0.784. The van der Waals surface area contributed by atoms with E-state index in [4.69, 9.17) is 0 Å². The van der Waals surface area contributed by atoms with Crippen molar-refractivity contribution in [2.75, 3.05) is 18.4 Å². The molecule has 0 bridgehead atoms. The van der Waals surface area contributed by atoms with Gasteiger partial charge in [-0.15, -0.1) is 0 Å². The Kier molecular flexibility index (Phi) is 2.86. The molecule has 4 heteroatoms. The van der Waals surface area contributed by atoms with Crippen LogP contribution < -0.4 is 10.6 Å². The fourth-order valence-electron chi connectivity index (χ4n) is 1.77. The van der Waals surface area contributed by atoms with E-state index >= 15 is 0 Å². The summed E-state index contributed by atoms with van der Waals surface area (Å²) in [5.41, 5.74) is 0.466. The van der Waals surface area contributed by atoms with E-state index in [-0.39, 0.29) is 11.7 Å². The SMILES string of the molecule is Cc1ccc(F)c(NC2CCNC2)c1F. The monoisotopic (exact) mass is 212 g/mol. The molecule has 0 saturated carbocycles. The number of nitrogens with one attached hydrogen (secondary N) is 2. The van der Waals surface area contributed by atoms with Crippen molar-refractivity contribution in [1.29, 1.82) is 0 Å². The second-order valence-electron chi connectivity index (χ2n) is 3.89. The summed E-state index contributed by atoms with van der Waals surface area (Å²) < 4.78 is 27.0. The lowest BCUT2D eigenvalue weighted by Gasteiger charge is -2.15. The van der Waals surface area contributed by atoms with Crippen molar-refractivity contribution in [3.63, 3.8) is 0 Å². The number of hydrogen-bond donors (Lipinski definition) is 2. The average Bonchev–Trinajstić information content (AvgIpc) is 2.71. The topological polar surface area (TPSA) is 24.1 Å². The third-order valence-electron chi connectivity index (χ3n) is 2.69. The van der Waals surface area contributed by atoms with Gasteiger partial charge in [0.05, 0.1) is 0 Å². The molecular formula is C11H14F2N2. The third kappa shape index (κ3) is 2.09. The highest BCUT2D eigenvalue weighted by atomic mass is 19.1. The molecule has 0 amide bonds. The van der Waals surface area contributed by atoms with Crippen LogP contribution in [-0.4, -0.2) is 19.1 Å². The molecular weight excluding hydrogens is 198 g/mol. The van der Waals surface area contributed by atoms with E-state index in [1.165, 1.54) is 12.1 Å². The Labute approximate surface area is 87.7 Å². The van der Waals surface area contributed by atoms with Crippen LogP contribution >= 0.6 is 0 Å². The smallest absolute Gasteiger partial charge is 0.152 e. The summed E-state index contributed by atoms with van der Waals surface area (Å²) in [6.45, 7) is 3.28. The van der Waals surface area contributed by atoms with Gasteiger partial charge < -0.3 is 10.6 Å². The average molecular weight is 212 g/mol. The van der Waals surface area contributed by atoms with Gasteiger partial charge in [0, 0.05) is 12.6 Å². The van der Waals surface area contributed by atoms with E-state index in [2.05, 4.69) is 10.6 Å². The maximum Gasteiger partial charge on any atom is 0.152 e. The number of benzene rings is 1. The molecule has 1 aliphatic heterocycles. The van der Waals surface area contributed by atoms with Crippen molar-refractivity contribution < 1.29 is 8.78 Å². The van der Waals surface area contributed by atoms with Crippen LogP contribution in [0.4, 0.5) is 14.5 Å². The van der Waals surface area contributed by atoms with Gasteiger partial charge in [0.25, 0.3) is 0 Å². The number of rotatable bonds is 2. The van der Waals surface area contributed by atoms with Gasteiger partial charge in [-0.25, -0.2) is 8.78 Å². The molecule has 2 nitrogen and oxygen atoms in total. The van der Waals surface area contributed by atoms with E-state index in [9.17, 15) is 8.78 Å². The van der Waals surface area contributed by atoms with Crippen LogP contribution in [0.3, 0.4) is 0 Å². The lowest BCUT2D eigenvalue weighted by atomic mass is 10.1. The minimum Gasteiger partial charge on any atom is -0.376 e. The first-order chi connectivity index (χ1) is 7.18. The molecule has 1 aromatic rings. The van der Waals surface area contributed by atoms with Crippen molar-refractivity contribution in [2.45, 2.75) is 19.4 Å². The first-order valence-electron chi connectivity index (χ1n) is 5.10. The van der Waals surface area contributed by atoms with E-state index < -0.39 is 11.6 Å². The Morgan fingerprint density at radius 1 is 1.40 bits per heavy atom. The van der Waals surface area contributed by atoms with Crippen LogP contribution in [0, 0.1) is 18.6 Å². The van der Waals surface area contributed by atoms with E-state index in [0.717, 1.165) is 19.5 Å². The molecule has 1 atom stereocenters. The van der Waals surface area contributed by atoms with E-state index in [1.54, 1.807) is 6.92 Å². The largest absolute Gasteiger partial charge is 0.376 e. The Balaban J connectivity index is 2.22. The zero-order valence-electron chi connectivity index (χ0n) is 8.61. The van der Waals surface area contributed by atoms with Crippen LogP contribution in [0.5, 0.6) is 0 Å². The molecule has 1 heterocycles. The van der Waals surface area contributed by atoms with E-state index in [0.29, 0.717) is 5.56 Å². The molecule has 2 rings (SSSR count). The number of halogens is 2. The summed E-state index contributed by atoms with van der Waals surface area (Å²) in [5.74, 6) is -1.01. The van der Waals surface area contributed by atoms with Gasteiger partial charge in [0.2, 0.25) is 0 Å². The van der Waals surface area contributed by atoms with Crippen molar-refractivity contribution in [3.05, 3.63) is 29.3 Å². The van der Waals surface area contributed by atoms with Gasteiger partial charge in [0.15, 0.2) is 5.82 Å². The van der Waals surface area contributed by atoms with Crippen molar-refractivity contribution >= 4 is 5.69 Å². The van der Waals surface area contributed by atoms with Gasteiger partial charge in [0.1, 0.15) is 11.5 Å². The van der Waals surface area contributed by atoms with Crippen LogP contribution in [0.15, 0.2) is 12.1 Å². The Hall–Kier alpha value is -1.16.